The van der Waals surface area contributed by atoms with Crippen molar-refractivity contribution in [3.63, 3.8) is 0 Å². The Morgan fingerprint density at radius 3 is 2.84 bits per heavy atom. The van der Waals surface area contributed by atoms with Gasteiger partial charge in [-0.05, 0) is 69.3 Å². The van der Waals surface area contributed by atoms with E-state index >= 15 is 0 Å². The van der Waals surface area contributed by atoms with Crippen LogP contribution in [-0.4, -0.2) is 35.6 Å². The number of pyridine rings is 1. The van der Waals surface area contributed by atoms with Gasteiger partial charge in [-0.1, -0.05) is 0 Å². The van der Waals surface area contributed by atoms with E-state index in [9.17, 15) is 0 Å². The molecule has 1 aromatic heterocycles. The molecule has 3 heterocycles. The summed E-state index contributed by atoms with van der Waals surface area (Å²) in [5.41, 5.74) is 1.40. The number of likely N-dealkylation sites (tertiary alicyclic amines) is 1. The molecule has 3 heteroatoms. The van der Waals surface area contributed by atoms with Crippen molar-refractivity contribution in [2.24, 2.45) is 5.92 Å². The maximum atomic E-state index is 4.12. The lowest BCUT2D eigenvalue weighted by Gasteiger charge is -2.39. The van der Waals surface area contributed by atoms with Crippen molar-refractivity contribution >= 4 is 0 Å². The van der Waals surface area contributed by atoms with Crippen LogP contribution in [0.5, 0.6) is 0 Å². The SMILES string of the molecule is CC(c1ccncc1)N1CCCC(C2CCCN2)C1. The smallest absolute Gasteiger partial charge is 0.0321 e. The number of hydrogen-bond acceptors (Lipinski definition) is 3. The first-order valence-electron chi connectivity index (χ1n) is 7.72. The molecule has 1 N–H and O–H groups in total. The Balaban J connectivity index is 1.64. The monoisotopic (exact) mass is 259 g/mol. The Morgan fingerprint density at radius 2 is 2.11 bits per heavy atom. The molecule has 104 valence electrons. The third kappa shape index (κ3) is 2.98. The van der Waals surface area contributed by atoms with E-state index in [-0.39, 0.29) is 0 Å². The molecule has 0 aliphatic carbocycles. The van der Waals surface area contributed by atoms with Gasteiger partial charge in [-0.3, -0.25) is 9.88 Å². The normalized spacial score (nSPS) is 30.4. The maximum absolute atomic E-state index is 4.12. The van der Waals surface area contributed by atoms with E-state index in [1.807, 2.05) is 12.4 Å². The van der Waals surface area contributed by atoms with Crippen molar-refractivity contribution in [1.29, 1.82) is 0 Å². The van der Waals surface area contributed by atoms with Gasteiger partial charge in [-0.25, -0.2) is 0 Å². The van der Waals surface area contributed by atoms with Gasteiger partial charge in [0, 0.05) is 31.0 Å². The van der Waals surface area contributed by atoms with Crippen LogP contribution in [0.15, 0.2) is 24.5 Å². The standard InChI is InChI=1S/C16H25N3/c1-13(14-6-9-17-10-7-14)19-11-3-4-15(12-19)16-5-2-8-18-16/h6-7,9-10,13,15-16,18H,2-5,8,11-12H2,1H3. The Hall–Kier alpha value is -0.930. The molecule has 2 aliphatic rings. The highest BCUT2D eigenvalue weighted by Crippen LogP contribution is 2.29. The summed E-state index contributed by atoms with van der Waals surface area (Å²) in [6.07, 6.45) is 9.30. The van der Waals surface area contributed by atoms with Gasteiger partial charge in [-0.15, -0.1) is 0 Å². The van der Waals surface area contributed by atoms with Crippen molar-refractivity contribution < 1.29 is 0 Å². The maximum Gasteiger partial charge on any atom is 0.0321 e. The van der Waals surface area contributed by atoms with Crippen LogP contribution in [0.25, 0.3) is 0 Å². The molecular weight excluding hydrogens is 234 g/mol. The minimum absolute atomic E-state index is 0.521. The highest BCUT2D eigenvalue weighted by molar-refractivity contribution is 5.14. The molecule has 2 saturated heterocycles. The van der Waals surface area contributed by atoms with Gasteiger partial charge in [0.25, 0.3) is 0 Å². The van der Waals surface area contributed by atoms with Crippen LogP contribution in [0.4, 0.5) is 0 Å². The van der Waals surface area contributed by atoms with E-state index in [0.29, 0.717) is 6.04 Å². The van der Waals surface area contributed by atoms with Gasteiger partial charge in [0.05, 0.1) is 0 Å². The molecular formula is C16H25N3. The van der Waals surface area contributed by atoms with Crippen LogP contribution >= 0.6 is 0 Å². The van der Waals surface area contributed by atoms with E-state index in [0.717, 1.165) is 12.0 Å². The first kappa shape index (κ1) is 13.1. The van der Waals surface area contributed by atoms with Gasteiger partial charge in [0.15, 0.2) is 0 Å². The van der Waals surface area contributed by atoms with E-state index in [1.54, 1.807) is 0 Å². The highest BCUT2D eigenvalue weighted by Gasteiger charge is 2.30. The Morgan fingerprint density at radius 1 is 1.26 bits per heavy atom. The fraction of sp³-hybridized carbons (Fsp3) is 0.688. The first-order chi connectivity index (χ1) is 9.34. The summed E-state index contributed by atoms with van der Waals surface area (Å²) in [5, 5.41) is 3.69. The van der Waals surface area contributed by atoms with Crippen molar-refractivity contribution in [1.82, 2.24) is 15.2 Å². The Kier molecular flexibility index (Phi) is 4.14. The zero-order valence-electron chi connectivity index (χ0n) is 11.9. The molecule has 19 heavy (non-hydrogen) atoms. The molecule has 3 unspecified atom stereocenters. The predicted molar refractivity (Wildman–Crippen MR) is 78.0 cm³/mol. The number of hydrogen-bond donors (Lipinski definition) is 1. The van der Waals surface area contributed by atoms with Gasteiger partial charge >= 0.3 is 0 Å². The summed E-state index contributed by atoms with van der Waals surface area (Å²) in [7, 11) is 0. The molecule has 0 saturated carbocycles. The van der Waals surface area contributed by atoms with E-state index in [1.165, 1.54) is 50.9 Å². The lowest BCUT2D eigenvalue weighted by atomic mass is 9.88. The first-order valence-corrected chi connectivity index (χ1v) is 7.72. The third-order valence-electron chi connectivity index (χ3n) is 4.89. The second-order valence-corrected chi connectivity index (χ2v) is 6.06. The molecule has 3 nitrogen and oxygen atoms in total. The van der Waals surface area contributed by atoms with Gasteiger partial charge in [-0.2, -0.15) is 0 Å². The summed E-state index contributed by atoms with van der Waals surface area (Å²) in [6.45, 7) is 6.05. The summed E-state index contributed by atoms with van der Waals surface area (Å²) in [4.78, 5) is 6.78. The van der Waals surface area contributed by atoms with Crippen molar-refractivity contribution in [3.8, 4) is 0 Å². The van der Waals surface area contributed by atoms with Gasteiger partial charge < -0.3 is 5.32 Å². The molecule has 3 atom stereocenters. The molecule has 0 bridgehead atoms. The Labute approximate surface area is 116 Å². The molecule has 3 rings (SSSR count). The number of rotatable bonds is 3. The minimum Gasteiger partial charge on any atom is -0.314 e. The minimum atomic E-state index is 0.521. The van der Waals surface area contributed by atoms with Gasteiger partial charge in [0.1, 0.15) is 0 Å². The zero-order chi connectivity index (χ0) is 13.1. The molecule has 0 spiro atoms. The van der Waals surface area contributed by atoms with Crippen LogP contribution in [0, 0.1) is 5.92 Å². The van der Waals surface area contributed by atoms with Crippen molar-refractivity contribution in [2.45, 2.75) is 44.7 Å². The average molecular weight is 259 g/mol. The van der Waals surface area contributed by atoms with Crippen LogP contribution < -0.4 is 5.32 Å². The topological polar surface area (TPSA) is 28.2 Å². The largest absolute Gasteiger partial charge is 0.314 e. The van der Waals surface area contributed by atoms with Gasteiger partial charge in [0.2, 0.25) is 0 Å². The molecule has 2 fully saturated rings. The molecule has 1 aromatic rings. The second kappa shape index (κ2) is 6.02. The number of aromatic nitrogens is 1. The number of nitrogens with zero attached hydrogens (tertiary/aromatic N) is 2. The van der Waals surface area contributed by atoms with Crippen LogP contribution in [-0.2, 0) is 0 Å². The lowest BCUT2D eigenvalue weighted by molar-refractivity contribution is 0.115. The Bertz CT molecular complexity index is 386. The van der Waals surface area contributed by atoms with Crippen LogP contribution in [0.3, 0.4) is 0 Å². The molecule has 2 aliphatic heterocycles. The third-order valence-corrected chi connectivity index (χ3v) is 4.89. The highest BCUT2D eigenvalue weighted by atomic mass is 15.2. The van der Waals surface area contributed by atoms with E-state index in [2.05, 4.69) is 34.3 Å². The quantitative estimate of drug-likeness (QED) is 0.904. The number of nitrogens with one attached hydrogen (secondary N) is 1. The van der Waals surface area contributed by atoms with E-state index in [4.69, 9.17) is 0 Å². The van der Waals surface area contributed by atoms with Crippen molar-refractivity contribution in [3.05, 3.63) is 30.1 Å². The fourth-order valence-electron chi connectivity index (χ4n) is 3.69. The summed E-state index contributed by atoms with van der Waals surface area (Å²) < 4.78 is 0. The molecule has 0 amide bonds. The van der Waals surface area contributed by atoms with Crippen LogP contribution in [0.1, 0.15) is 44.2 Å². The summed E-state index contributed by atoms with van der Waals surface area (Å²) >= 11 is 0. The lowest BCUT2D eigenvalue weighted by Crippen LogP contribution is -2.44. The average Bonchev–Trinajstić information content (AvgIpc) is 3.02. The van der Waals surface area contributed by atoms with E-state index < -0.39 is 0 Å². The summed E-state index contributed by atoms with van der Waals surface area (Å²) in [6, 6.07) is 5.60. The van der Waals surface area contributed by atoms with Crippen molar-refractivity contribution in [2.75, 3.05) is 19.6 Å². The summed E-state index contributed by atoms with van der Waals surface area (Å²) in [5.74, 6) is 0.848. The van der Waals surface area contributed by atoms with Crippen LogP contribution in [0.2, 0.25) is 0 Å². The zero-order valence-corrected chi connectivity index (χ0v) is 11.9. The fourth-order valence-corrected chi connectivity index (χ4v) is 3.69. The molecule has 0 radical (unpaired) electrons. The predicted octanol–water partition coefficient (Wildman–Crippen LogP) is 2.61. The molecule has 0 aromatic carbocycles. The number of piperidine rings is 1. The second-order valence-electron chi connectivity index (χ2n) is 6.06.